The number of hydrogen-bond donors (Lipinski definition) is 3. The first kappa shape index (κ1) is 53.6. The summed E-state index contributed by atoms with van der Waals surface area (Å²) in [4.78, 5) is 25.9. The molecule has 0 bridgehead atoms. The predicted molar refractivity (Wildman–Crippen MR) is 237 cm³/mol. The van der Waals surface area contributed by atoms with Gasteiger partial charge in [-0.2, -0.15) is 0 Å². The normalized spacial score (nSPS) is 13.3. The first-order valence-electron chi connectivity index (χ1n) is 24.4. The smallest absolute Gasteiger partial charge is 0.306 e. The van der Waals surface area contributed by atoms with E-state index in [2.05, 4.69) is 38.2 Å². The maximum Gasteiger partial charge on any atom is 0.306 e. The van der Waals surface area contributed by atoms with Crippen molar-refractivity contribution in [2.24, 2.45) is 0 Å². The average molecular weight is 778 g/mol. The number of allylic oxidation sites excluding steroid dienone is 2. The third-order valence-electron chi connectivity index (χ3n) is 11.3. The highest BCUT2D eigenvalue weighted by Gasteiger charge is 2.24. The number of aliphatic hydroxyl groups is 2. The van der Waals surface area contributed by atoms with Crippen molar-refractivity contribution in [3.05, 3.63) is 12.2 Å². The largest absolute Gasteiger partial charge is 0.462 e. The third-order valence-corrected chi connectivity index (χ3v) is 11.3. The minimum absolute atomic E-state index is 0.0802. The Morgan fingerprint density at radius 2 is 0.891 bits per heavy atom. The molecule has 0 aromatic heterocycles. The van der Waals surface area contributed by atoms with Crippen LogP contribution in [0.4, 0.5) is 0 Å². The molecule has 0 spiro atoms. The van der Waals surface area contributed by atoms with Gasteiger partial charge in [0.25, 0.3) is 0 Å². The molecule has 1 amide bonds. The maximum absolute atomic E-state index is 13.1. The standard InChI is InChI=1S/C49H95NO5/c1-4-7-10-13-16-19-21-22-23-24-25-27-29-32-35-38-41-47(52)46(44-51)50-48(53)43-45(40-37-34-31-28-18-15-12-9-6-3)55-49(54)42-39-36-33-30-26-20-17-14-11-8-5-2/h14,17,45-47,51-52H,4-13,15-16,18-44H2,1-3H3,(H,50,53)/b17-14-. The summed E-state index contributed by atoms with van der Waals surface area (Å²) in [6.45, 7) is 6.44. The molecule has 6 nitrogen and oxygen atoms in total. The maximum atomic E-state index is 13.1. The van der Waals surface area contributed by atoms with Crippen molar-refractivity contribution >= 4 is 11.9 Å². The van der Waals surface area contributed by atoms with Gasteiger partial charge in [-0.05, 0) is 44.9 Å². The second-order valence-corrected chi connectivity index (χ2v) is 16.9. The van der Waals surface area contributed by atoms with E-state index in [1.54, 1.807) is 0 Å². The van der Waals surface area contributed by atoms with Crippen LogP contribution in [0.5, 0.6) is 0 Å². The summed E-state index contributed by atoms with van der Waals surface area (Å²) in [5, 5.41) is 23.7. The van der Waals surface area contributed by atoms with Crippen LogP contribution in [0.2, 0.25) is 0 Å². The van der Waals surface area contributed by atoms with Gasteiger partial charge in [-0.25, -0.2) is 0 Å². The zero-order valence-corrected chi connectivity index (χ0v) is 37.1. The number of nitrogens with one attached hydrogen (secondary N) is 1. The van der Waals surface area contributed by atoms with Gasteiger partial charge >= 0.3 is 5.97 Å². The molecule has 0 heterocycles. The van der Waals surface area contributed by atoms with Crippen molar-refractivity contribution in [2.75, 3.05) is 6.61 Å². The van der Waals surface area contributed by atoms with Gasteiger partial charge in [-0.1, -0.05) is 219 Å². The van der Waals surface area contributed by atoms with Crippen LogP contribution in [0.3, 0.4) is 0 Å². The van der Waals surface area contributed by atoms with Gasteiger partial charge < -0.3 is 20.3 Å². The molecule has 0 saturated carbocycles. The van der Waals surface area contributed by atoms with Crippen molar-refractivity contribution in [1.82, 2.24) is 5.32 Å². The van der Waals surface area contributed by atoms with Gasteiger partial charge in [0, 0.05) is 6.42 Å². The Labute approximate surface area is 342 Å². The number of rotatable bonds is 44. The van der Waals surface area contributed by atoms with Gasteiger partial charge in [0.1, 0.15) is 6.10 Å². The van der Waals surface area contributed by atoms with Gasteiger partial charge in [-0.3, -0.25) is 9.59 Å². The first-order valence-corrected chi connectivity index (χ1v) is 24.4. The lowest BCUT2D eigenvalue weighted by Crippen LogP contribution is -2.46. The topological polar surface area (TPSA) is 95.9 Å². The summed E-state index contributed by atoms with van der Waals surface area (Å²) in [5.74, 6) is -0.475. The van der Waals surface area contributed by atoms with Crippen LogP contribution in [-0.4, -0.2) is 46.9 Å². The van der Waals surface area contributed by atoms with Crippen molar-refractivity contribution < 1.29 is 24.5 Å². The molecule has 0 aliphatic heterocycles. The summed E-state index contributed by atoms with van der Waals surface area (Å²) in [7, 11) is 0. The Bertz CT molecular complexity index is 832. The second kappa shape index (κ2) is 43.7. The molecule has 3 unspecified atom stereocenters. The molecule has 3 atom stereocenters. The molecule has 0 aromatic rings. The lowest BCUT2D eigenvalue weighted by Gasteiger charge is -2.24. The van der Waals surface area contributed by atoms with E-state index < -0.39 is 18.2 Å². The lowest BCUT2D eigenvalue weighted by molar-refractivity contribution is -0.151. The Balaban J connectivity index is 4.42. The van der Waals surface area contributed by atoms with Gasteiger partial charge in [0.2, 0.25) is 5.91 Å². The van der Waals surface area contributed by atoms with E-state index in [0.29, 0.717) is 19.3 Å². The summed E-state index contributed by atoms with van der Waals surface area (Å²) in [6.07, 6.45) is 47.0. The quantitative estimate of drug-likeness (QED) is 0.0325. The molecule has 55 heavy (non-hydrogen) atoms. The average Bonchev–Trinajstić information content (AvgIpc) is 3.18. The van der Waals surface area contributed by atoms with Crippen LogP contribution < -0.4 is 5.32 Å². The molecule has 3 N–H and O–H groups in total. The monoisotopic (exact) mass is 778 g/mol. The van der Waals surface area contributed by atoms with E-state index in [1.165, 1.54) is 167 Å². The Kier molecular flexibility index (Phi) is 42.6. The molecular formula is C49H95NO5. The highest BCUT2D eigenvalue weighted by Crippen LogP contribution is 2.18. The highest BCUT2D eigenvalue weighted by atomic mass is 16.5. The fourth-order valence-electron chi connectivity index (χ4n) is 7.59. The fraction of sp³-hybridized carbons (Fsp3) is 0.918. The summed E-state index contributed by atoms with van der Waals surface area (Å²) in [5.41, 5.74) is 0. The molecule has 0 rings (SSSR count). The van der Waals surface area contributed by atoms with Crippen LogP contribution in [0, 0.1) is 0 Å². The number of unbranched alkanes of at least 4 members (excludes halogenated alkanes) is 30. The van der Waals surface area contributed by atoms with Gasteiger partial charge in [-0.15, -0.1) is 0 Å². The fourth-order valence-corrected chi connectivity index (χ4v) is 7.59. The van der Waals surface area contributed by atoms with Crippen LogP contribution in [0.1, 0.15) is 265 Å². The SMILES string of the molecule is CCCC/C=C\CCCCCCCC(=O)OC(CCCCCCCCCCC)CC(=O)NC(CO)C(O)CCCCCCCCCCCCCCCCCC. The molecule has 0 saturated heterocycles. The molecule has 6 heteroatoms. The third kappa shape index (κ3) is 39.2. The van der Waals surface area contributed by atoms with E-state index in [1.807, 2.05) is 0 Å². The van der Waals surface area contributed by atoms with Gasteiger partial charge in [0.05, 0.1) is 25.2 Å². The van der Waals surface area contributed by atoms with Crippen molar-refractivity contribution in [2.45, 2.75) is 283 Å². The minimum Gasteiger partial charge on any atom is -0.462 e. The predicted octanol–water partition coefficient (Wildman–Crippen LogP) is 14.2. The van der Waals surface area contributed by atoms with Crippen molar-refractivity contribution in [3.8, 4) is 0 Å². The van der Waals surface area contributed by atoms with E-state index in [-0.39, 0.29) is 24.9 Å². The number of carbonyl (C=O) groups is 2. The second-order valence-electron chi connectivity index (χ2n) is 16.9. The number of aliphatic hydroxyl groups excluding tert-OH is 2. The first-order chi connectivity index (χ1) is 27.0. The molecule has 0 aromatic carbocycles. The molecular weight excluding hydrogens is 683 g/mol. The number of ether oxygens (including phenoxy) is 1. The van der Waals surface area contributed by atoms with Crippen LogP contribution in [0.25, 0.3) is 0 Å². The van der Waals surface area contributed by atoms with Gasteiger partial charge in [0.15, 0.2) is 0 Å². The summed E-state index contributed by atoms with van der Waals surface area (Å²) >= 11 is 0. The van der Waals surface area contributed by atoms with Crippen molar-refractivity contribution in [1.29, 1.82) is 0 Å². The highest BCUT2D eigenvalue weighted by molar-refractivity contribution is 5.77. The Morgan fingerprint density at radius 1 is 0.509 bits per heavy atom. The summed E-state index contributed by atoms with van der Waals surface area (Å²) < 4.78 is 5.89. The number of hydrogen-bond acceptors (Lipinski definition) is 5. The van der Waals surface area contributed by atoms with Crippen LogP contribution in [0.15, 0.2) is 12.2 Å². The van der Waals surface area contributed by atoms with Crippen LogP contribution >= 0.6 is 0 Å². The number of carbonyl (C=O) groups excluding carboxylic acids is 2. The molecule has 0 aliphatic carbocycles. The van der Waals surface area contributed by atoms with E-state index in [0.717, 1.165) is 51.4 Å². The Morgan fingerprint density at radius 3 is 1.35 bits per heavy atom. The zero-order valence-electron chi connectivity index (χ0n) is 37.1. The number of amides is 1. The molecule has 0 fully saturated rings. The summed E-state index contributed by atoms with van der Waals surface area (Å²) in [6, 6.07) is -0.695. The lowest BCUT2D eigenvalue weighted by atomic mass is 10.0. The zero-order chi connectivity index (χ0) is 40.3. The van der Waals surface area contributed by atoms with E-state index in [9.17, 15) is 19.8 Å². The molecule has 0 aliphatic rings. The van der Waals surface area contributed by atoms with E-state index in [4.69, 9.17) is 4.74 Å². The minimum atomic E-state index is -0.781. The Hall–Kier alpha value is -1.40. The van der Waals surface area contributed by atoms with Crippen LogP contribution in [-0.2, 0) is 14.3 Å². The number of esters is 1. The van der Waals surface area contributed by atoms with Crippen molar-refractivity contribution in [3.63, 3.8) is 0 Å². The van der Waals surface area contributed by atoms with E-state index >= 15 is 0 Å². The molecule has 0 radical (unpaired) electrons. The molecule has 326 valence electrons.